The van der Waals surface area contributed by atoms with Gasteiger partial charge >= 0.3 is 0 Å². The summed E-state index contributed by atoms with van der Waals surface area (Å²) in [5.41, 5.74) is 5.36. The molecule has 0 saturated heterocycles. The number of nitrogens with zero attached hydrogens (tertiary/aromatic N) is 2. The van der Waals surface area contributed by atoms with E-state index in [1.165, 1.54) is 5.56 Å². The Kier molecular flexibility index (Phi) is 4.50. The number of hydrogen-bond donors (Lipinski definition) is 1. The van der Waals surface area contributed by atoms with Gasteiger partial charge in [0, 0.05) is 17.0 Å². The zero-order valence-electron chi connectivity index (χ0n) is 10.5. The third-order valence-corrected chi connectivity index (χ3v) is 5.31. The Bertz CT molecular complexity index is 602. The van der Waals surface area contributed by atoms with Crippen LogP contribution in [0.3, 0.4) is 0 Å². The number of benzene rings is 1. The van der Waals surface area contributed by atoms with Crippen LogP contribution in [0.5, 0.6) is 0 Å². The van der Waals surface area contributed by atoms with E-state index in [4.69, 9.17) is 11.6 Å². The van der Waals surface area contributed by atoms with Gasteiger partial charge in [-0.25, -0.2) is 0 Å². The summed E-state index contributed by atoms with van der Waals surface area (Å²) in [5, 5.41) is 5.23. The lowest BCUT2D eigenvalue weighted by atomic mass is 10.2. The van der Waals surface area contributed by atoms with E-state index in [-0.39, 0.29) is 5.37 Å². The van der Waals surface area contributed by atoms with Gasteiger partial charge in [0.25, 0.3) is 0 Å². The molecule has 0 aliphatic carbocycles. The van der Waals surface area contributed by atoms with Crippen LogP contribution in [-0.2, 0) is 5.75 Å². The third-order valence-electron chi connectivity index (χ3n) is 2.72. The Labute approximate surface area is 131 Å². The van der Waals surface area contributed by atoms with Gasteiger partial charge in [-0.15, -0.1) is 0 Å². The molecule has 2 heterocycles. The summed E-state index contributed by atoms with van der Waals surface area (Å²) in [7, 11) is 0. The van der Waals surface area contributed by atoms with Crippen LogP contribution in [0, 0.1) is 0 Å². The summed E-state index contributed by atoms with van der Waals surface area (Å²) in [4.78, 5) is 4.34. The van der Waals surface area contributed by atoms with E-state index >= 15 is 0 Å². The van der Waals surface area contributed by atoms with Gasteiger partial charge in [-0.05, 0) is 29.8 Å². The summed E-state index contributed by atoms with van der Waals surface area (Å²) in [5.74, 6) is 0.889. The second kappa shape index (κ2) is 6.52. The van der Waals surface area contributed by atoms with Gasteiger partial charge in [-0.3, -0.25) is 10.4 Å². The van der Waals surface area contributed by atoms with Gasteiger partial charge in [0.2, 0.25) is 0 Å². The van der Waals surface area contributed by atoms with E-state index in [9.17, 15) is 0 Å². The minimum atomic E-state index is 0.115. The highest BCUT2D eigenvalue weighted by atomic mass is 35.5. The van der Waals surface area contributed by atoms with E-state index in [1.54, 1.807) is 29.7 Å². The standard InChI is InChI=1S/C14H12ClN3S2/c15-11-6-4-10(5-7-11)9-19-14-18-17-13(20-14)12-3-1-2-8-16-12/h1-8,13,17H,9H2/t13-/m0/s1. The lowest BCUT2D eigenvalue weighted by Gasteiger charge is -2.07. The van der Waals surface area contributed by atoms with E-state index in [0.717, 1.165) is 20.8 Å². The number of halogens is 1. The van der Waals surface area contributed by atoms with Crippen molar-refractivity contribution in [2.45, 2.75) is 11.1 Å². The minimum absolute atomic E-state index is 0.115. The van der Waals surface area contributed by atoms with Gasteiger partial charge in [-0.1, -0.05) is 53.3 Å². The highest BCUT2D eigenvalue weighted by Crippen LogP contribution is 2.35. The van der Waals surface area contributed by atoms with Crippen molar-refractivity contribution < 1.29 is 0 Å². The molecule has 20 heavy (non-hydrogen) atoms. The average molecular weight is 322 g/mol. The maximum Gasteiger partial charge on any atom is 0.152 e. The fourth-order valence-corrected chi connectivity index (χ4v) is 3.85. The Morgan fingerprint density at radius 2 is 2.05 bits per heavy atom. The number of aromatic nitrogens is 1. The van der Waals surface area contributed by atoms with Crippen LogP contribution in [0.2, 0.25) is 5.02 Å². The molecule has 0 unspecified atom stereocenters. The van der Waals surface area contributed by atoms with E-state index in [1.807, 2.05) is 42.5 Å². The van der Waals surface area contributed by atoms with Crippen LogP contribution in [-0.4, -0.2) is 9.36 Å². The molecule has 0 radical (unpaired) electrons. The first-order chi connectivity index (χ1) is 9.81. The summed E-state index contributed by atoms with van der Waals surface area (Å²) < 4.78 is 1.04. The van der Waals surface area contributed by atoms with Crippen molar-refractivity contribution in [1.82, 2.24) is 10.4 Å². The van der Waals surface area contributed by atoms with E-state index in [0.29, 0.717) is 0 Å². The van der Waals surface area contributed by atoms with Crippen LogP contribution in [0.15, 0.2) is 53.8 Å². The van der Waals surface area contributed by atoms with Gasteiger partial charge in [-0.2, -0.15) is 5.10 Å². The summed E-state index contributed by atoms with van der Waals surface area (Å²) >= 11 is 9.29. The molecule has 0 fully saturated rings. The Balaban J connectivity index is 1.54. The predicted octanol–water partition coefficient (Wildman–Crippen LogP) is 4.27. The first-order valence-corrected chi connectivity index (χ1v) is 8.33. The lowest BCUT2D eigenvalue weighted by Crippen LogP contribution is -2.07. The molecule has 6 heteroatoms. The van der Waals surface area contributed by atoms with Crippen molar-refractivity contribution in [3.63, 3.8) is 0 Å². The third kappa shape index (κ3) is 3.48. The van der Waals surface area contributed by atoms with Crippen LogP contribution < -0.4 is 5.43 Å². The largest absolute Gasteiger partial charge is 0.289 e. The lowest BCUT2D eigenvalue weighted by molar-refractivity contribution is 0.725. The molecule has 0 bridgehead atoms. The van der Waals surface area contributed by atoms with Crippen molar-refractivity contribution in [3.05, 3.63) is 64.9 Å². The minimum Gasteiger partial charge on any atom is -0.289 e. The van der Waals surface area contributed by atoms with Gasteiger partial charge in [0.1, 0.15) is 5.37 Å². The maximum absolute atomic E-state index is 5.87. The molecule has 3 nitrogen and oxygen atoms in total. The predicted molar refractivity (Wildman–Crippen MR) is 87.9 cm³/mol. The first kappa shape index (κ1) is 13.8. The molecule has 1 aromatic heterocycles. The van der Waals surface area contributed by atoms with Gasteiger partial charge in [0.15, 0.2) is 4.38 Å². The summed E-state index contributed by atoms with van der Waals surface area (Å²) in [6.45, 7) is 0. The maximum atomic E-state index is 5.87. The Morgan fingerprint density at radius 1 is 1.20 bits per heavy atom. The number of pyridine rings is 1. The summed E-state index contributed by atoms with van der Waals surface area (Å²) in [6.07, 6.45) is 1.80. The second-order valence-corrected chi connectivity index (χ2v) is 6.93. The molecule has 1 aromatic carbocycles. The number of hydrazone groups is 1. The molecule has 3 rings (SSSR count). The van der Waals surface area contributed by atoms with E-state index < -0.39 is 0 Å². The van der Waals surface area contributed by atoms with Crippen LogP contribution >= 0.6 is 35.1 Å². The zero-order valence-corrected chi connectivity index (χ0v) is 12.9. The first-order valence-electron chi connectivity index (χ1n) is 6.09. The number of nitrogens with one attached hydrogen (secondary N) is 1. The molecule has 1 atom stereocenters. The van der Waals surface area contributed by atoms with E-state index in [2.05, 4.69) is 15.5 Å². The fourth-order valence-electron chi connectivity index (χ4n) is 1.71. The topological polar surface area (TPSA) is 37.3 Å². The van der Waals surface area contributed by atoms with Crippen LogP contribution in [0.1, 0.15) is 16.6 Å². The molecular formula is C14H12ClN3S2. The van der Waals surface area contributed by atoms with Crippen molar-refractivity contribution in [3.8, 4) is 0 Å². The highest BCUT2D eigenvalue weighted by molar-refractivity contribution is 8.38. The van der Waals surface area contributed by atoms with Crippen LogP contribution in [0.25, 0.3) is 0 Å². The Hall–Kier alpha value is -1.17. The second-order valence-electron chi connectivity index (χ2n) is 4.17. The normalized spacial score (nSPS) is 17.6. The Morgan fingerprint density at radius 3 is 2.80 bits per heavy atom. The van der Waals surface area contributed by atoms with Crippen molar-refractivity contribution >= 4 is 39.5 Å². The molecule has 2 aromatic rings. The zero-order chi connectivity index (χ0) is 13.8. The number of hydrogen-bond acceptors (Lipinski definition) is 5. The fraction of sp³-hybridized carbons (Fsp3) is 0.143. The van der Waals surface area contributed by atoms with Crippen molar-refractivity contribution in [1.29, 1.82) is 0 Å². The summed E-state index contributed by atoms with van der Waals surface area (Å²) in [6, 6.07) is 13.8. The average Bonchev–Trinajstić information content (AvgIpc) is 2.97. The molecule has 0 spiro atoms. The SMILES string of the molecule is Clc1ccc(CSC2=NN[C@H](c3ccccn3)S2)cc1. The quantitative estimate of drug-likeness (QED) is 0.915. The molecule has 0 saturated carbocycles. The van der Waals surface area contributed by atoms with Crippen LogP contribution in [0.4, 0.5) is 0 Å². The molecule has 1 N–H and O–H groups in total. The van der Waals surface area contributed by atoms with Gasteiger partial charge < -0.3 is 0 Å². The van der Waals surface area contributed by atoms with Gasteiger partial charge in [0.05, 0.1) is 5.69 Å². The highest BCUT2D eigenvalue weighted by Gasteiger charge is 2.21. The smallest absolute Gasteiger partial charge is 0.152 e. The molecule has 102 valence electrons. The molecular weight excluding hydrogens is 310 g/mol. The molecule has 1 aliphatic heterocycles. The van der Waals surface area contributed by atoms with Crippen molar-refractivity contribution in [2.24, 2.45) is 5.10 Å². The van der Waals surface area contributed by atoms with Crippen molar-refractivity contribution in [2.75, 3.05) is 0 Å². The monoisotopic (exact) mass is 321 g/mol. The molecule has 1 aliphatic rings. The number of rotatable bonds is 3. The molecule has 0 amide bonds. The number of thioether (sulfide) groups is 2.